The van der Waals surface area contributed by atoms with Gasteiger partial charge in [-0.15, -0.1) is 10.2 Å². The molecule has 0 saturated heterocycles. The molecule has 1 heterocycles. The Hall–Kier alpha value is -1.26. The molecule has 0 amide bonds. The molecule has 2 N–H and O–H groups in total. The first-order valence-electron chi connectivity index (χ1n) is 6.01. The second-order valence-corrected chi connectivity index (χ2v) is 5.44. The molecule has 1 aromatic carbocycles. The zero-order chi connectivity index (χ0) is 11.7. The van der Waals surface area contributed by atoms with Gasteiger partial charge in [0.15, 0.2) is 0 Å². The van der Waals surface area contributed by atoms with E-state index < -0.39 is 0 Å². The second kappa shape index (κ2) is 4.55. The summed E-state index contributed by atoms with van der Waals surface area (Å²) >= 11 is 1.65. The largest absolute Gasteiger partial charge is 0.330 e. The standard InChI is InChI=1S/C13H15N3S/c14-7-6-12-15-16-13(17-12)11-5-4-9-2-1-3-10(9)8-11/h4-5,8H,1-3,6-7,14H2. The van der Waals surface area contributed by atoms with Gasteiger partial charge in [-0.05, 0) is 43.0 Å². The lowest BCUT2D eigenvalue weighted by molar-refractivity contribution is 0.911. The minimum absolute atomic E-state index is 0.638. The molecule has 88 valence electrons. The lowest BCUT2D eigenvalue weighted by atomic mass is 10.1. The van der Waals surface area contributed by atoms with Crippen LogP contribution in [0.2, 0.25) is 0 Å². The van der Waals surface area contributed by atoms with E-state index in [2.05, 4.69) is 28.4 Å². The molecule has 0 unspecified atom stereocenters. The third-order valence-corrected chi connectivity index (χ3v) is 4.20. The van der Waals surface area contributed by atoms with Crippen molar-refractivity contribution < 1.29 is 0 Å². The molecule has 4 heteroatoms. The van der Waals surface area contributed by atoms with E-state index in [0.717, 1.165) is 16.4 Å². The molecule has 0 aliphatic heterocycles. The Morgan fingerprint density at radius 2 is 2.06 bits per heavy atom. The van der Waals surface area contributed by atoms with Gasteiger partial charge in [-0.1, -0.05) is 23.5 Å². The van der Waals surface area contributed by atoms with Gasteiger partial charge in [0.05, 0.1) is 0 Å². The summed E-state index contributed by atoms with van der Waals surface area (Å²) in [5, 5.41) is 10.5. The monoisotopic (exact) mass is 245 g/mol. The molecular weight excluding hydrogens is 230 g/mol. The fourth-order valence-electron chi connectivity index (χ4n) is 2.30. The molecule has 17 heavy (non-hydrogen) atoms. The van der Waals surface area contributed by atoms with Crippen molar-refractivity contribution in [3.63, 3.8) is 0 Å². The molecule has 0 bridgehead atoms. The Balaban J connectivity index is 1.92. The zero-order valence-corrected chi connectivity index (χ0v) is 10.5. The SMILES string of the molecule is NCCc1nnc(-c2ccc3c(c2)CCC3)s1. The average Bonchev–Trinajstić information content (AvgIpc) is 2.96. The van der Waals surface area contributed by atoms with Gasteiger partial charge in [-0.3, -0.25) is 0 Å². The summed E-state index contributed by atoms with van der Waals surface area (Å²) < 4.78 is 0. The molecule has 0 atom stereocenters. The molecule has 2 aromatic rings. The summed E-state index contributed by atoms with van der Waals surface area (Å²) in [7, 11) is 0. The lowest BCUT2D eigenvalue weighted by Crippen LogP contribution is -2.01. The van der Waals surface area contributed by atoms with E-state index in [1.165, 1.54) is 36.0 Å². The first kappa shape index (κ1) is 10.9. The van der Waals surface area contributed by atoms with Crippen molar-refractivity contribution in [1.29, 1.82) is 0 Å². The normalized spacial score (nSPS) is 13.9. The van der Waals surface area contributed by atoms with Crippen LogP contribution in [-0.4, -0.2) is 16.7 Å². The number of aromatic nitrogens is 2. The fourth-order valence-corrected chi connectivity index (χ4v) is 3.15. The Morgan fingerprint density at radius 1 is 1.18 bits per heavy atom. The van der Waals surface area contributed by atoms with Gasteiger partial charge in [-0.25, -0.2) is 0 Å². The molecule has 0 saturated carbocycles. The Labute approximate surface area is 105 Å². The molecule has 3 rings (SSSR count). The molecule has 1 aliphatic rings. The first-order valence-corrected chi connectivity index (χ1v) is 6.83. The number of fused-ring (bicyclic) bond motifs is 1. The predicted octanol–water partition coefficient (Wildman–Crippen LogP) is 2.20. The molecule has 0 fully saturated rings. The summed E-state index contributed by atoms with van der Waals surface area (Å²) in [6, 6.07) is 6.67. The minimum Gasteiger partial charge on any atom is -0.330 e. The van der Waals surface area contributed by atoms with Crippen molar-refractivity contribution >= 4 is 11.3 Å². The Bertz CT molecular complexity index is 533. The van der Waals surface area contributed by atoms with Gasteiger partial charge < -0.3 is 5.73 Å². The van der Waals surface area contributed by atoms with Crippen LogP contribution in [0.4, 0.5) is 0 Å². The van der Waals surface area contributed by atoms with Crippen LogP contribution in [0, 0.1) is 0 Å². The number of nitrogens with two attached hydrogens (primary N) is 1. The van der Waals surface area contributed by atoms with E-state index in [-0.39, 0.29) is 0 Å². The molecule has 1 aromatic heterocycles. The maximum atomic E-state index is 5.52. The third-order valence-electron chi connectivity index (χ3n) is 3.17. The van der Waals surface area contributed by atoms with Crippen molar-refractivity contribution in [1.82, 2.24) is 10.2 Å². The summed E-state index contributed by atoms with van der Waals surface area (Å²) in [4.78, 5) is 0. The molecule has 1 aliphatic carbocycles. The van der Waals surface area contributed by atoms with E-state index >= 15 is 0 Å². The summed E-state index contributed by atoms with van der Waals surface area (Å²) in [6.07, 6.45) is 4.54. The van der Waals surface area contributed by atoms with E-state index in [1.54, 1.807) is 11.3 Å². The minimum atomic E-state index is 0.638. The number of benzene rings is 1. The van der Waals surface area contributed by atoms with Crippen molar-refractivity contribution in [2.24, 2.45) is 5.73 Å². The number of rotatable bonds is 3. The highest BCUT2D eigenvalue weighted by molar-refractivity contribution is 7.14. The van der Waals surface area contributed by atoms with Crippen LogP contribution in [-0.2, 0) is 19.3 Å². The van der Waals surface area contributed by atoms with Gasteiger partial charge >= 0.3 is 0 Å². The highest BCUT2D eigenvalue weighted by atomic mass is 32.1. The topological polar surface area (TPSA) is 51.8 Å². The van der Waals surface area contributed by atoms with Gasteiger partial charge in [0.1, 0.15) is 10.0 Å². The Kier molecular flexibility index (Phi) is 2.91. The number of hydrogen-bond donors (Lipinski definition) is 1. The average molecular weight is 245 g/mol. The van der Waals surface area contributed by atoms with Gasteiger partial charge in [0.2, 0.25) is 0 Å². The number of hydrogen-bond acceptors (Lipinski definition) is 4. The molecule has 3 nitrogen and oxygen atoms in total. The number of aryl methyl sites for hydroxylation is 2. The quantitative estimate of drug-likeness (QED) is 0.902. The zero-order valence-electron chi connectivity index (χ0n) is 9.65. The van der Waals surface area contributed by atoms with Crippen LogP contribution >= 0.6 is 11.3 Å². The second-order valence-electron chi connectivity index (χ2n) is 4.38. The van der Waals surface area contributed by atoms with Crippen LogP contribution < -0.4 is 5.73 Å². The maximum absolute atomic E-state index is 5.52. The van der Waals surface area contributed by atoms with E-state index in [1.807, 2.05) is 0 Å². The maximum Gasteiger partial charge on any atom is 0.147 e. The highest BCUT2D eigenvalue weighted by Crippen LogP contribution is 2.29. The summed E-state index contributed by atoms with van der Waals surface area (Å²) in [5.74, 6) is 0. The van der Waals surface area contributed by atoms with Crippen molar-refractivity contribution in [2.45, 2.75) is 25.7 Å². The molecule has 0 radical (unpaired) electrons. The smallest absolute Gasteiger partial charge is 0.147 e. The van der Waals surface area contributed by atoms with Crippen molar-refractivity contribution in [3.8, 4) is 10.6 Å². The van der Waals surface area contributed by atoms with Crippen molar-refractivity contribution in [2.75, 3.05) is 6.54 Å². The van der Waals surface area contributed by atoms with Crippen LogP contribution in [0.25, 0.3) is 10.6 Å². The highest BCUT2D eigenvalue weighted by Gasteiger charge is 2.13. The van der Waals surface area contributed by atoms with Crippen molar-refractivity contribution in [3.05, 3.63) is 34.3 Å². The molecule has 0 spiro atoms. The van der Waals surface area contributed by atoms with Crippen LogP contribution in [0.3, 0.4) is 0 Å². The fraction of sp³-hybridized carbons (Fsp3) is 0.385. The summed E-state index contributed by atoms with van der Waals surface area (Å²) in [5.41, 5.74) is 9.71. The predicted molar refractivity (Wildman–Crippen MR) is 70.1 cm³/mol. The first-order chi connectivity index (χ1) is 8.36. The summed E-state index contributed by atoms with van der Waals surface area (Å²) in [6.45, 7) is 0.638. The van der Waals surface area contributed by atoms with Crippen LogP contribution in [0.1, 0.15) is 22.6 Å². The Morgan fingerprint density at radius 3 is 2.94 bits per heavy atom. The van der Waals surface area contributed by atoms with E-state index in [0.29, 0.717) is 6.54 Å². The number of nitrogens with zero attached hydrogens (tertiary/aromatic N) is 2. The van der Waals surface area contributed by atoms with Gasteiger partial charge in [-0.2, -0.15) is 0 Å². The molecular formula is C13H15N3S. The third kappa shape index (κ3) is 2.10. The lowest BCUT2D eigenvalue weighted by Gasteiger charge is -2.00. The van der Waals surface area contributed by atoms with Crippen LogP contribution in [0.5, 0.6) is 0 Å². The van der Waals surface area contributed by atoms with Gasteiger partial charge in [0, 0.05) is 12.0 Å². The van der Waals surface area contributed by atoms with E-state index in [9.17, 15) is 0 Å². The van der Waals surface area contributed by atoms with Crippen LogP contribution in [0.15, 0.2) is 18.2 Å². The van der Waals surface area contributed by atoms with Gasteiger partial charge in [0.25, 0.3) is 0 Å². The van der Waals surface area contributed by atoms with E-state index in [4.69, 9.17) is 5.73 Å².